The Hall–Kier alpha value is -1.62. The average molecular weight is 313 g/mol. The fourth-order valence-corrected chi connectivity index (χ4v) is 4.49. The topological polar surface area (TPSA) is 29.5 Å². The predicted octanol–water partition coefficient (Wildman–Crippen LogP) is 2.54. The van der Waals surface area contributed by atoms with E-state index < -0.39 is 0 Å². The standard InChI is InChI=1S/C18H20N2OS/c1-13-17(14-5-2-3-6-15(14)19-13)18(16-7-4-12-22-16)20-8-10-21-11-9-20/h2-7,12,18-19H,8-11H2,1H3/p+1. The smallest absolute Gasteiger partial charge is 0.151 e. The van der Waals surface area contributed by atoms with Gasteiger partial charge in [-0.25, -0.2) is 0 Å². The normalized spacial score (nSPS) is 17.9. The lowest BCUT2D eigenvalue weighted by molar-refractivity contribution is -0.932. The quantitative estimate of drug-likeness (QED) is 0.764. The van der Waals surface area contributed by atoms with Gasteiger partial charge in [-0.2, -0.15) is 0 Å². The molecule has 0 amide bonds. The van der Waals surface area contributed by atoms with Gasteiger partial charge in [0.2, 0.25) is 0 Å². The van der Waals surface area contributed by atoms with Crippen molar-refractivity contribution < 1.29 is 9.64 Å². The third kappa shape index (κ3) is 2.37. The van der Waals surface area contributed by atoms with Crippen LogP contribution < -0.4 is 4.90 Å². The molecule has 3 aromatic rings. The fraction of sp³-hybridized carbons (Fsp3) is 0.333. The van der Waals surface area contributed by atoms with Crippen LogP contribution in [0.1, 0.15) is 22.2 Å². The van der Waals surface area contributed by atoms with E-state index in [2.05, 4.69) is 53.7 Å². The molecule has 22 heavy (non-hydrogen) atoms. The van der Waals surface area contributed by atoms with E-state index in [1.165, 1.54) is 27.0 Å². The van der Waals surface area contributed by atoms with Crippen molar-refractivity contribution in [2.45, 2.75) is 13.0 Å². The van der Waals surface area contributed by atoms with E-state index in [0.717, 1.165) is 26.3 Å². The maximum atomic E-state index is 5.58. The summed E-state index contributed by atoms with van der Waals surface area (Å²) in [6.45, 7) is 6.07. The van der Waals surface area contributed by atoms with E-state index >= 15 is 0 Å². The van der Waals surface area contributed by atoms with Gasteiger partial charge in [-0.1, -0.05) is 24.3 Å². The molecule has 114 valence electrons. The molecule has 2 N–H and O–H groups in total. The average Bonchev–Trinajstić information content (AvgIpc) is 3.18. The first kappa shape index (κ1) is 14.0. The number of benzene rings is 1. The summed E-state index contributed by atoms with van der Waals surface area (Å²) in [6.07, 6.45) is 0. The number of ether oxygens (including phenoxy) is 1. The van der Waals surface area contributed by atoms with Crippen LogP contribution in [0, 0.1) is 6.92 Å². The fourth-order valence-electron chi connectivity index (χ4n) is 3.60. The van der Waals surface area contributed by atoms with E-state index in [9.17, 15) is 0 Å². The Kier molecular flexibility index (Phi) is 3.74. The van der Waals surface area contributed by atoms with Gasteiger partial charge in [-0.3, -0.25) is 0 Å². The molecule has 0 bridgehead atoms. The minimum Gasteiger partial charge on any atom is -0.370 e. The molecule has 4 rings (SSSR count). The molecule has 0 saturated carbocycles. The Morgan fingerprint density at radius 2 is 1.95 bits per heavy atom. The first-order chi connectivity index (χ1) is 10.8. The van der Waals surface area contributed by atoms with Crippen molar-refractivity contribution in [3.05, 3.63) is 57.9 Å². The van der Waals surface area contributed by atoms with E-state index in [1.807, 2.05) is 11.3 Å². The van der Waals surface area contributed by atoms with Crippen molar-refractivity contribution in [2.24, 2.45) is 0 Å². The Morgan fingerprint density at radius 3 is 2.73 bits per heavy atom. The molecule has 1 aliphatic rings. The highest BCUT2D eigenvalue weighted by Gasteiger charge is 2.32. The van der Waals surface area contributed by atoms with Crippen LogP contribution in [0.2, 0.25) is 0 Å². The van der Waals surface area contributed by atoms with Gasteiger partial charge in [-0.05, 0) is 24.4 Å². The van der Waals surface area contributed by atoms with Gasteiger partial charge < -0.3 is 14.6 Å². The van der Waals surface area contributed by atoms with Gasteiger partial charge in [0.15, 0.2) is 6.04 Å². The molecule has 1 atom stereocenters. The third-order valence-electron chi connectivity index (χ3n) is 4.60. The second kappa shape index (κ2) is 5.88. The minimum absolute atomic E-state index is 0.403. The number of para-hydroxylation sites is 1. The number of quaternary nitrogens is 1. The van der Waals surface area contributed by atoms with Crippen molar-refractivity contribution in [1.82, 2.24) is 4.98 Å². The summed E-state index contributed by atoms with van der Waals surface area (Å²) >= 11 is 1.86. The lowest BCUT2D eigenvalue weighted by Gasteiger charge is -2.31. The number of aromatic amines is 1. The Labute approximate surface area is 134 Å². The van der Waals surface area contributed by atoms with Crippen LogP contribution in [0.4, 0.5) is 0 Å². The maximum absolute atomic E-state index is 5.58. The number of hydrogen-bond acceptors (Lipinski definition) is 2. The molecular weight excluding hydrogens is 292 g/mol. The number of thiophene rings is 1. The number of rotatable bonds is 3. The molecule has 1 fully saturated rings. The van der Waals surface area contributed by atoms with Gasteiger partial charge in [0.05, 0.1) is 18.1 Å². The molecule has 3 nitrogen and oxygen atoms in total. The van der Waals surface area contributed by atoms with Crippen LogP contribution >= 0.6 is 11.3 Å². The van der Waals surface area contributed by atoms with E-state index in [4.69, 9.17) is 4.74 Å². The zero-order valence-electron chi connectivity index (χ0n) is 12.8. The molecule has 0 spiro atoms. The summed E-state index contributed by atoms with van der Waals surface area (Å²) < 4.78 is 5.58. The van der Waals surface area contributed by atoms with Gasteiger partial charge in [0, 0.05) is 22.2 Å². The van der Waals surface area contributed by atoms with E-state index in [-0.39, 0.29) is 0 Å². The first-order valence-electron chi connectivity index (χ1n) is 7.87. The number of H-pyrrole nitrogens is 1. The summed E-state index contributed by atoms with van der Waals surface area (Å²) in [5.74, 6) is 0. The summed E-state index contributed by atoms with van der Waals surface area (Å²) in [4.78, 5) is 6.63. The van der Waals surface area contributed by atoms with E-state index in [1.54, 1.807) is 4.90 Å². The van der Waals surface area contributed by atoms with Crippen LogP contribution in [0.3, 0.4) is 0 Å². The molecule has 1 unspecified atom stereocenters. The lowest BCUT2D eigenvalue weighted by atomic mass is 9.99. The monoisotopic (exact) mass is 313 g/mol. The number of aromatic nitrogens is 1. The summed E-state index contributed by atoms with van der Waals surface area (Å²) in [5, 5.41) is 3.55. The molecule has 3 heterocycles. The van der Waals surface area contributed by atoms with Crippen LogP contribution in [0.25, 0.3) is 10.9 Å². The van der Waals surface area contributed by atoms with Gasteiger partial charge in [0.25, 0.3) is 0 Å². The van der Waals surface area contributed by atoms with Crippen molar-refractivity contribution in [2.75, 3.05) is 26.3 Å². The highest BCUT2D eigenvalue weighted by molar-refractivity contribution is 7.10. The molecule has 0 radical (unpaired) electrons. The Bertz CT molecular complexity index is 757. The van der Waals surface area contributed by atoms with Crippen LogP contribution in [-0.4, -0.2) is 31.3 Å². The third-order valence-corrected chi connectivity index (χ3v) is 5.54. The Balaban J connectivity index is 1.87. The number of nitrogens with one attached hydrogen (secondary N) is 2. The molecule has 1 aromatic carbocycles. The highest BCUT2D eigenvalue weighted by atomic mass is 32.1. The molecule has 2 aromatic heterocycles. The zero-order valence-corrected chi connectivity index (χ0v) is 13.6. The summed E-state index contributed by atoms with van der Waals surface area (Å²) in [6, 6.07) is 13.5. The zero-order chi connectivity index (χ0) is 14.9. The molecule has 1 aliphatic heterocycles. The minimum atomic E-state index is 0.403. The van der Waals surface area contributed by atoms with Gasteiger partial charge in [-0.15, -0.1) is 11.3 Å². The number of morpholine rings is 1. The van der Waals surface area contributed by atoms with Crippen molar-refractivity contribution in [3.8, 4) is 0 Å². The van der Waals surface area contributed by atoms with Crippen LogP contribution in [0.15, 0.2) is 41.8 Å². The number of aryl methyl sites for hydroxylation is 1. The first-order valence-corrected chi connectivity index (χ1v) is 8.75. The van der Waals surface area contributed by atoms with Gasteiger partial charge >= 0.3 is 0 Å². The molecule has 0 aliphatic carbocycles. The second-order valence-corrected chi connectivity index (χ2v) is 6.91. The predicted molar refractivity (Wildman–Crippen MR) is 90.7 cm³/mol. The van der Waals surface area contributed by atoms with E-state index in [0.29, 0.717) is 6.04 Å². The van der Waals surface area contributed by atoms with Gasteiger partial charge in [0.1, 0.15) is 13.1 Å². The lowest BCUT2D eigenvalue weighted by Crippen LogP contribution is -3.14. The number of hydrogen-bond donors (Lipinski definition) is 2. The Morgan fingerprint density at radius 1 is 1.14 bits per heavy atom. The largest absolute Gasteiger partial charge is 0.370 e. The van der Waals surface area contributed by atoms with Crippen molar-refractivity contribution in [1.29, 1.82) is 0 Å². The van der Waals surface area contributed by atoms with Crippen LogP contribution in [0.5, 0.6) is 0 Å². The maximum Gasteiger partial charge on any atom is 0.151 e. The van der Waals surface area contributed by atoms with Crippen LogP contribution in [-0.2, 0) is 4.74 Å². The SMILES string of the molecule is Cc1[nH]c2ccccc2c1C(c1cccs1)[NH+]1CCOCC1. The molecule has 1 saturated heterocycles. The second-order valence-electron chi connectivity index (χ2n) is 5.93. The summed E-state index contributed by atoms with van der Waals surface area (Å²) in [5.41, 5.74) is 3.98. The highest BCUT2D eigenvalue weighted by Crippen LogP contribution is 2.32. The number of fused-ring (bicyclic) bond motifs is 1. The molecule has 4 heteroatoms. The molecular formula is C18H21N2OS+. The summed E-state index contributed by atoms with van der Waals surface area (Å²) in [7, 11) is 0. The van der Waals surface area contributed by atoms with Crippen molar-refractivity contribution >= 4 is 22.2 Å². The van der Waals surface area contributed by atoms with Crippen molar-refractivity contribution in [3.63, 3.8) is 0 Å².